The van der Waals surface area contributed by atoms with Crippen molar-refractivity contribution in [2.45, 2.75) is 59.0 Å². The molecule has 1 aliphatic carbocycles. The quantitative estimate of drug-likeness (QED) is 0.807. The topological polar surface area (TPSA) is 72.6 Å². The van der Waals surface area contributed by atoms with Crippen molar-refractivity contribution in [3.8, 4) is 5.75 Å². The van der Waals surface area contributed by atoms with E-state index in [1.807, 2.05) is 43.0 Å². The lowest BCUT2D eigenvalue weighted by atomic mass is 9.65. The molecule has 1 saturated heterocycles. The molecule has 1 aromatic carbocycles. The number of ketones is 1. The first-order valence-corrected chi connectivity index (χ1v) is 10.2. The minimum atomic E-state index is -0.489. The van der Waals surface area contributed by atoms with Gasteiger partial charge in [-0.2, -0.15) is 0 Å². The molecular weight excluding hydrogens is 352 g/mol. The van der Waals surface area contributed by atoms with E-state index in [4.69, 9.17) is 10.5 Å². The molecule has 0 bridgehead atoms. The maximum absolute atomic E-state index is 13.4. The van der Waals surface area contributed by atoms with Crippen LogP contribution in [-0.4, -0.2) is 35.3 Å². The van der Waals surface area contributed by atoms with Gasteiger partial charge in [0.2, 0.25) is 0 Å². The first kappa shape index (κ1) is 19.0. The first-order chi connectivity index (χ1) is 13.0. The van der Waals surface area contributed by atoms with Crippen LogP contribution < -0.4 is 10.5 Å². The number of allylic oxidation sites excluding steroid dienone is 1. The zero-order chi connectivity index (χ0) is 20.3. The van der Waals surface area contributed by atoms with E-state index in [-0.39, 0.29) is 22.7 Å². The Morgan fingerprint density at radius 2 is 1.93 bits per heavy atom. The van der Waals surface area contributed by atoms with Gasteiger partial charge in [-0.25, -0.2) is 0 Å². The number of hydrogen-bond acceptors (Lipinski definition) is 4. The molecule has 5 heteroatoms. The number of ether oxygens (including phenoxy) is 1. The van der Waals surface area contributed by atoms with Gasteiger partial charge in [0.15, 0.2) is 5.78 Å². The highest BCUT2D eigenvalue weighted by atomic mass is 16.5. The molecule has 1 atom stereocenters. The molecule has 1 amide bonds. The number of nitrogens with two attached hydrogens (primary N) is 1. The average molecular weight is 383 g/mol. The molecule has 3 aliphatic rings. The Morgan fingerprint density at radius 3 is 2.64 bits per heavy atom. The third-order valence-corrected chi connectivity index (χ3v) is 6.51. The van der Waals surface area contributed by atoms with Crippen LogP contribution >= 0.6 is 0 Å². The SMILES string of the molecule is CC1(C)CCc2cccc(C(=O)N3CC[C@@]4(C=C(N)C(=O)C(C)(C)C4)C3)c2O1. The summed E-state index contributed by atoms with van der Waals surface area (Å²) < 4.78 is 6.21. The second-order valence-corrected chi connectivity index (χ2v) is 9.98. The summed E-state index contributed by atoms with van der Waals surface area (Å²) in [4.78, 5) is 27.6. The van der Waals surface area contributed by atoms with Gasteiger partial charge in [0.25, 0.3) is 5.91 Å². The Morgan fingerprint density at radius 1 is 1.18 bits per heavy atom. The fraction of sp³-hybridized carbons (Fsp3) is 0.565. The molecule has 1 spiro atoms. The van der Waals surface area contributed by atoms with Crippen molar-refractivity contribution in [2.75, 3.05) is 13.1 Å². The third kappa shape index (κ3) is 3.11. The second-order valence-electron chi connectivity index (χ2n) is 9.98. The van der Waals surface area contributed by atoms with Gasteiger partial charge in [0.1, 0.15) is 11.4 Å². The Hall–Kier alpha value is -2.30. The van der Waals surface area contributed by atoms with Gasteiger partial charge in [-0.1, -0.05) is 26.0 Å². The summed E-state index contributed by atoms with van der Waals surface area (Å²) in [5, 5.41) is 0. The summed E-state index contributed by atoms with van der Waals surface area (Å²) in [5.41, 5.74) is 7.17. The lowest BCUT2D eigenvalue weighted by molar-refractivity contribution is -0.125. The molecule has 150 valence electrons. The highest BCUT2D eigenvalue weighted by Crippen LogP contribution is 2.47. The molecule has 2 aliphatic heterocycles. The second kappa shape index (κ2) is 6.10. The number of nitrogens with zero attached hydrogens (tertiary/aromatic N) is 1. The van der Waals surface area contributed by atoms with E-state index in [1.54, 1.807) is 0 Å². The Kier molecular flexibility index (Phi) is 4.15. The van der Waals surface area contributed by atoms with Crippen molar-refractivity contribution < 1.29 is 14.3 Å². The van der Waals surface area contributed by atoms with E-state index in [9.17, 15) is 9.59 Å². The average Bonchev–Trinajstić information content (AvgIpc) is 3.00. The predicted molar refractivity (Wildman–Crippen MR) is 108 cm³/mol. The van der Waals surface area contributed by atoms with Gasteiger partial charge in [0, 0.05) is 23.9 Å². The molecule has 4 rings (SSSR count). The molecule has 0 unspecified atom stereocenters. The molecule has 1 fully saturated rings. The number of Topliss-reactive ketones (excluding diaryl/α,β-unsaturated/α-hetero) is 1. The van der Waals surface area contributed by atoms with Gasteiger partial charge in [-0.3, -0.25) is 9.59 Å². The van der Waals surface area contributed by atoms with Crippen molar-refractivity contribution in [3.63, 3.8) is 0 Å². The minimum Gasteiger partial charge on any atom is -0.487 e. The van der Waals surface area contributed by atoms with Crippen LogP contribution in [0.3, 0.4) is 0 Å². The van der Waals surface area contributed by atoms with Crippen LogP contribution in [-0.2, 0) is 11.2 Å². The molecule has 0 saturated carbocycles. The first-order valence-electron chi connectivity index (χ1n) is 10.2. The standard InChI is InChI=1S/C23H30N2O3/c1-21(2)13-23(12-17(24)19(21)26)10-11-25(14-23)20(27)16-7-5-6-15-8-9-22(3,4)28-18(15)16/h5-7,12H,8-11,13-14,24H2,1-4H3/t23-/m0/s1. The largest absolute Gasteiger partial charge is 0.487 e. The maximum Gasteiger partial charge on any atom is 0.257 e. The molecular formula is C23H30N2O3. The van der Waals surface area contributed by atoms with Crippen LogP contribution in [0.25, 0.3) is 0 Å². The fourth-order valence-corrected chi connectivity index (χ4v) is 5.13. The van der Waals surface area contributed by atoms with Crippen molar-refractivity contribution in [3.05, 3.63) is 41.1 Å². The van der Waals surface area contributed by atoms with Crippen LogP contribution in [0.2, 0.25) is 0 Å². The zero-order valence-corrected chi connectivity index (χ0v) is 17.3. The number of hydrogen-bond donors (Lipinski definition) is 1. The summed E-state index contributed by atoms with van der Waals surface area (Å²) in [6.45, 7) is 9.29. The van der Waals surface area contributed by atoms with Crippen LogP contribution in [0.15, 0.2) is 30.0 Å². The molecule has 1 aromatic rings. The number of rotatable bonds is 1. The third-order valence-electron chi connectivity index (χ3n) is 6.51. The number of fused-ring (bicyclic) bond motifs is 1. The Bertz CT molecular complexity index is 884. The highest BCUT2D eigenvalue weighted by molar-refractivity contribution is 6.00. The minimum absolute atomic E-state index is 0.00750. The molecule has 2 N–H and O–H groups in total. The highest BCUT2D eigenvalue weighted by Gasteiger charge is 2.48. The molecule has 2 heterocycles. The Labute approximate surface area is 166 Å². The predicted octanol–water partition coefficient (Wildman–Crippen LogP) is 3.46. The van der Waals surface area contributed by atoms with Gasteiger partial charge >= 0.3 is 0 Å². The van der Waals surface area contributed by atoms with Crippen molar-refractivity contribution in [2.24, 2.45) is 16.6 Å². The number of benzene rings is 1. The number of aryl methyl sites for hydroxylation is 1. The van der Waals surface area contributed by atoms with Crippen LogP contribution in [0.5, 0.6) is 5.75 Å². The van der Waals surface area contributed by atoms with E-state index in [1.165, 1.54) is 0 Å². The van der Waals surface area contributed by atoms with Crippen molar-refractivity contribution in [1.82, 2.24) is 4.90 Å². The number of carbonyl (C=O) groups is 2. The van der Waals surface area contributed by atoms with Crippen LogP contribution in [0.1, 0.15) is 62.9 Å². The zero-order valence-electron chi connectivity index (χ0n) is 17.3. The molecule has 0 aromatic heterocycles. The lowest BCUT2D eigenvalue weighted by Gasteiger charge is -2.39. The summed E-state index contributed by atoms with van der Waals surface area (Å²) in [6, 6.07) is 5.86. The monoisotopic (exact) mass is 382 g/mol. The maximum atomic E-state index is 13.4. The number of para-hydroxylation sites is 1. The number of carbonyl (C=O) groups excluding carboxylic acids is 2. The summed E-state index contributed by atoms with van der Waals surface area (Å²) in [6.07, 6.45) is 5.33. The summed E-state index contributed by atoms with van der Waals surface area (Å²) >= 11 is 0. The summed E-state index contributed by atoms with van der Waals surface area (Å²) in [7, 11) is 0. The normalized spacial score (nSPS) is 27.9. The van der Waals surface area contributed by atoms with Gasteiger partial charge < -0.3 is 15.4 Å². The number of amides is 1. The number of likely N-dealkylation sites (tertiary alicyclic amines) is 1. The van der Waals surface area contributed by atoms with Crippen molar-refractivity contribution in [1.29, 1.82) is 0 Å². The van der Waals surface area contributed by atoms with Crippen LogP contribution in [0, 0.1) is 10.8 Å². The molecule has 5 nitrogen and oxygen atoms in total. The summed E-state index contributed by atoms with van der Waals surface area (Å²) in [5.74, 6) is 0.752. The molecule has 28 heavy (non-hydrogen) atoms. The van der Waals surface area contributed by atoms with Crippen LogP contribution in [0.4, 0.5) is 0 Å². The fourth-order valence-electron chi connectivity index (χ4n) is 5.13. The van der Waals surface area contributed by atoms with E-state index in [2.05, 4.69) is 13.8 Å². The van der Waals surface area contributed by atoms with Crippen molar-refractivity contribution >= 4 is 11.7 Å². The lowest BCUT2D eigenvalue weighted by Crippen LogP contribution is -2.42. The van der Waals surface area contributed by atoms with E-state index in [0.717, 1.165) is 37.0 Å². The van der Waals surface area contributed by atoms with Gasteiger partial charge in [-0.15, -0.1) is 0 Å². The van der Waals surface area contributed by atoms with Gasteiger partial charge in [-0.05, 0) is 57.2 Å². The van der Waals surface area contributed by atoms with E-state index < -0.39 is 5.41 Å². The molecule has 0 radical (unpaired) electrons. The van der Waals surface area contributed by atoms with E-state index in [0.29, 0.717) is 24.4 Å². The van der Waals surface area contributed by atoms with E-state index >= 15 is 0 Å². The smallest absolute Gasteiger partial charge is 0.257 e. The Balaban J connectivity index is 1.61. The van der Waals surface area contributed by atoms with Gasteiger partial charge in [0.05, 0.1) is 11.3 Å².